The average Bonchev–Trinajstić information content (AvgIpc) is 3.11. The SMILES string of the molecule is Cc1nc(C)c(C(=O)OCC(=O)c2cc(C)n(-c3ccc(Cl)cc3)c2C)s1. The number of nitrogens with zero attached hydrogens (tertiary/aromatic N) is 2. The summed E-state index contributed by atoms with van der Waals surface area (Å²) in [5.74, 6) is -0.756. The maximum atomic E-state index is 12.6. The number of aryl methyl sites for hydroxylation is 3. The molecule has 0 spiro atoms. The Hall–Kier alpha value is -2.44. The van der Waals surface area contributed by atoms with Crippen molar-refractivity contribution in [1.29, 1.82) is 0 Å². The van der Waals surface area contributed by atoms with Crippen molar-refractivity contribution < 1.29 is 14.3 Å². The molecule has 2 heterocycles. The van der Waals surface area contributed by atoms with E-state index in [-0.39, 0.29) is 12.4 Å². The summed E-state index contributed by atoms with van der Waals surface area (Å²) in [6, 6.07) is 9.20. The third kappa shape index (κ3) is 3.96. The van der Waals surface area contributed by atoms with Gasteiger partial charge in [0.15, 0.2) is 6.61 Å². The molecule has 0 aliphatic heterocycles. The number of benzene rings is 1. The van der Waals surface area contributed by atoms with Crippen LogP contribution >= 0.6 is 22.9 Å². The summed E-state index contributed by atoms with van der Waals surface area (Å²) in [5, 5.41) is 1.44. The largest absolute Gasteiger partial charge is 0.453 e. The van der Waals surface area contributed by atoms with Crippen LogP contribution in [0.25, 0.3) is 5.69 Å². The molecule has 3 aromatic rings. The molecule has 0 bridgehead atoms. The molecule has 0 saturated carbocycles. The molecule has 140 valence electrons. The Labute approximate surface area is 166 Å². The van der Waals surface area contributed by atoms with Gasteiger partial charge in [-0.15, -0.1) is 11.3 Å². The van der Waals surface area contributed by atoms with Crippen molar-refractivity contribution in [2.45, 2.75) is 27.7 Å². The predicted octanol–water partition coefficient (Wildman–Crippen LogP) is 4.86. The lowest BCUT2D eigenvalue weighted by Gasteiger charge is -2.10. The zero-order valence-electron chi connectivity index (χ0n) is 15.5. The third-order valence-electron chi connectivity index (χ3n) is 4.24. The second kappa shape index (κ2) is 7.66. The maximum absolute atomic E-state index is 12.6. The Balaban J connectivity index is 1.77. The van der Waals surface area contributed by atoms with Crippen molar-refractivity contribution in [1.82, 2.24) is 9.55 Å². The van der Waals surface area contributed by atoms with Crippen molar-refractivity contribution in [2.75, 3.05) is 6.61 Å². The van der Waals surface area contributed by atoms with Gasteiger partial charge in [0.2, 0.25) is 5.78 Å². The van der Waals surface area contributed by atoms with Crippen molar-refractivity contribution in [3.63, 3.8) is 0 Å². The van der Waals surface area contributed by atoms with Crippen LogP contribution in [0.2, 0.25) is 5.02 Å². The monoisotopic (exact) mass is 402 g/mol. The smallest absolute Gasteiger partial charge is 0.350 e. The molecule has 0 unspecified atom stereocenters. The first kappa shape index (κ1) is 19.3. The van der Waals surface area contributed by atoms with Gasteiger partial charge in [-0.1, -0.05) is 11.6 Å². The molecule has 2 aromatic heterocycles. The number of carbonyl (C=O) groups excluding carboxylic acids is 2. The number of Topliss-reactive ketones (excluding diaryl/α,β-unsaturated/α-hetero) is 1. The Kier molecular flexibility index (Phi) is 5.48. The summed E-state index contributed by atoms with van der Waals surface area (Å²) in [6.07, 6.45) is 0. The van der Waals surface area contributed by atoms with Gasteiger partial charge in [0.05, 0.1) is 10.7 Å². The molecule has 0 aliphatic rings. The Morgan fingerprint density at radius 2 is 1.81 bits per heavy atom. The van der Waals surface area contributed by atoms with Gasteiger partial charge < -0.3 is 9.30 Å². The minimum atomic E-state index is -0.516. The number of ketones is 1. The molecule has 0 fully saturated rings. The van der Waals surface area contributed by atoms with Crippen molar-refractivity contribution in [2.24, 2.45) is 0 Å². The summed E-state index contributed by atoms with van der Waals surface area (Å²) in [5.41, 5.74) is 3.78. The van der Waals surface area contributed by atoms with Gasteiger partial charge in [-0.05, 0) is 58.0 Å². The zero-order valence-corrected chi connectivity index (χ0v) is 17.1. The lowest BCUT2D eigenvalue weighted by Crippen LogP contribution is -2.15. The van der Waals surface area contributed by atoms with E-state index in [9.17, 15) is 9.59 Å². The van der Waals surface area contributed by atoms with E-state index in [2.05, 4.69) is 4.98 Å². The summed E-state index contributed by atoms with van der Waals surface area (Å²) in [6.45, 7) is 7.06. The molecule has 0 N–H and O–H groups in total. The van der Waals surface area contributed by atoms with Crippen LogP contribution in [0, 0.1) is 27.7 Å². The minimum Gasteiger partial charge on any atom is -0.453 e. The number of halogens is 1. The van der Waals surface area contributed by atoms with Gasteiger partial charge in [0, 0.05) is 27.7 Å². The second-order valence-electron chi connectivity index (χ2n) is 6.24. The highest BCUT2D eigenvalue weighted by Crippen LogP contribution is 2.23. The second-order valence-corrected chi connectivity index (χ2v) is 7.88. The highest BCUT2D eigenvalue weighted by molar-refractivity contribution is 7.13. The number of aromatic nitrogens is 2. The molecule has 0 amide bonds. The van der Waals surface area contributed by atoms with Crippen LogP contribution in [0.1, 0.15) is 42.1 Å². The fourth-order valence-corrected chi connectivity index (χ4v) is 3.97. The quantitative estimate of drug-likeness (QED) is 0.451. The van der Waals surface area contributed by atoms with E-state index in [1.54, 1.807) is 19.1 Å². The van der Waals surface area contributed by atoms with E-state index in [0.717, 1.165) is 22.1 Å². The number of hydrogen-bond donors (Lipinski definition) is 0. The molecular formula is C20H19ClN2O3S. The summed E-state index contributed by atoms with van der Waals surface area (Å²) in [7, 11) is 0. The number of carbonyl (C=O) groups is 2. The van der Waals surface area contributed by atoms with Gasteiger partial charge in [-0.3, -0.25) is 4.79 Å². The molecule has 7 heteroatoms. The molecule has 27 heavy (non-hydrogen) atoms. The third-order valence-corrected chi connectivity index (χ3v) is 5.54. The number of rotatable bonds is 5. The molecule has 0 aliphatic carbocycles. The maximum Gasteiger partial charge on any atom is 0.350 e. The Bertz CT molecular complexity index is 1020. The van der Waals surface area contributed by atoms with Crippen LogP contribution in [0.15, 0.2) is 30.3 Å². The molecule has 3 rings (SSSR count). The number of ether oxygens (including phenoxy) is 1. The number of thiazole rings is 1. The fourth-order valence-electron chi connectivity index (χ4n) is 3.03. The van der Waals surface area contributed by atoms with E-state index < -0.39 is 5.97 Å². The lowest BCUT2D eigenvalue weighted by molar-refractivity contribution is 0.0478. The summed E-state index contributed by atoms with van der Waals surface area (Å²) < 4.78 is 7.19. The summed E-state index contributed by atoms with van der Waals surface area (Å²) >= 11 is 7.22. The number of hydrogen-bond acceptors (Lipinski definition) is 5. The van der Waals surface area contributed by atoms with E-state index in [1.165, 1.54) is 11.3 Å². The molecule has 0 atom stereocenters. The van der Waals surface area contributed by atoms with Gasteiger partial charge in [0.1, 0.15) is 4.88 Å². The minimum absolute atomic E-state index is 0.240. The predicted molar refractivity (Wildman–Crippen MR) is 106 cm³/mol. The van der Waals surface area contributed by atoms with Gasteiger partial charge in [0.25, 0.3) is 0 Å². The normalized spacial score (nSPS) is 10.9. The summed E-state index contributed by atoms with van der Waals surface area (Å²) in [4.78, 5) is 29.5. The van der Waals surface area contributed by atoms with Crippen LogP contribution < -0.4 is 0 Å². The van der Waals surface area contributed by atoms with E-state index in [1.807, 2.05) is 43.5 Å². The Morgan fingerprint density at radius 1 is 1.15 bits per heavy atom. The van der Waals surface area contributed by atoms with Crippen LogP contribution in [0.5, 0.6) is 0 Å². The topological polar surface area (TPSA) is 61.2 Å². The lowest BCUT2D eigenvalue weighted by atomic mass is 10.1. The molecule has 5 nitrogen and oxygen atoms in total. The molecular weight excluding hydrogens is 384 g/mol. The van der Waals surface area contributed by atoms with Crippen LogP contribution in [-0.2, 0) is 4.74 Å². The van der Waals surface area contributed by atoms with E-state index in [4.69, 9.17) is 16.3 Å². The van der Waals surface area contributed by atoms with E-state index in [0.29, 0.717) is 21.2 Å². The molecule has 0 radical (unpaired) electrons. The average molecular weight is 403 g/mol. The molecule has 0 saturated heterocycles. The highest BCUT2D eigenvalue weighted by Gasteiger charge is 2.20. The van der Waals surface area contributed by atoms with Crippen LogP contribution in [0.3, 0.4) is 0 Å². The zero-order chi connectivity index (χ0) is 19.7. The van der Waals surface area contributed by atoms with Gasteiger partial charge in [-0.25, -0.2) is 9.78 Å². The van der Waals surface area contributed by atoms with Crippen LogP contribution in [0.4, 0.5) is 0 Å². The van der Waals surface area contributed by atoms with Gasteiger partial charge >= 0.3 is 5.97 Å². The van der Waals surface area contributed by atoms with Crippen molar-refractivity contribution >= 4 is 34.7 Å². The van der Waals surface area contributed by atoms with E-state index >= 15 is 0 Å². The number of esters is 1. The van der Waals surface area contributed by atoms with Crippen LogP contribution in [-0.4, -0.2) is 27.9 Å². The first-order chi connectivity index (χ1) is 12.8. The highest BCUT2D eigenvalue weighted by atomic mass is 35.5. The standard InChI is InChI=1S/C20H19ClN2O3S/c1-11-9-17(13(3)23(11)16-7-5-15(21)6-8-16)18(24)10-26-20(25)19-12(2)22-14(4)27-19/h5-9H,10H2,1-4H3. The van der Waals surface area contributed by atoms with Gasteiger partial charge in [-0.2, -0.15) is 0 Å². The molecule has 1 aromatic carbocycles. The first-order valence-electron chi connectivity index (χ1n) is 8.37. The first-order valence-corrected chi connectivity index (χ1v) is 9.56. The Morgan fingerprint density at radius 3 is 2.41 bits per heavy atom. The fraction of sp³-hybridized carbons (Fsp3) is 0.250. The van der Waals surface area contributed by atoms with Crippen molar-refractivity contribution in [3.8, 4) is 5.69 Å². The van der Waals surface area contributed by atoms with Crippen molar-refractivity contribution in [3.05, 3.63) is 67.9 Å².